The molecule has 4 nitrogen and oxygen atoms in total. The molecule has 1 aliphatic rings. The van der Waals surface area contributed by atoms with E-state index < -0.39 is 8.07 Å². The number of methoxy groups -OCH3 is 2. The van der Waals surface area contributed by atoms with Gasteiger partial charge in [0.2, 0.25) is 23.1 Å². The van der Waals surface area contributed by atoms with Crippen molar-refractivity contribution in [3.05, 3.63) is 23.2 Å². The third kappa shape index (κ3) is 3.06. The van der Waals surface area contributed by atoms with Crippen molar-refractivity contribution in [3.8, 4) is 0 Å². The van der Waals surface area contributed by atoms with E-state index in [2.05, 4.69) is 19.6 Å². The van der Waals surface area contributed by atoms with Crippen LogP contribution in [0.1, 0.15) is 0 Å². The Balaban J connectivity index is 3.09. The number of ether oxygens (including phenoxy) is 2. The fourth-order valence-electron chi connectivity index (χ4n) is 1.73. The number of allylic oxidation sites excluding steroid dienone is 2. The second kappa shape index (κ2) is 4.87. The quantitative estimate of drug-likeness (QED) is 0.568. The topological polar surface area (TPSA) is 52.6 Å². The molecule has 0 saturated heterocycles. The molecule has 0 aromatic heterocycles. The van der Waals surface area contributed by atoms with E-state index in [-0.39, 0.29) is 23.1 Å². The molecule has 0 amide bonds. The van der Waals surface area contributed by atoms with Gasteiger partial charge in [-0.2, -0.15) is 0 Å². The first kappa shape index (κ1) is 13.7. The lowest BCUT2D eigenvalue weighted by Crippen LogP contribution is -2.27. The van der Waals surface area contributed by atoms with E-state index in [0.717, 1.165) is 0 Å². The van der Waals surface area contributed by atoms with Gasteiger partial charge in [0.15, 0.2) is 0 Å². The zero-order valence-corrected chi connectivity index (χ0v) is 11.9. The monoisotopic (exact) mass is 254 g/mol. The lowest BCUT2D eigenvalue weighted by Gasteiger charge is -2.21. The van der Waals surface area contributed by atoms with Crippen molar-refractivity contribution in [1.29, 1.82) is 0 Å². The molecule has 17 heavy (non-hydrogen) atoms. The second-order valence-corrected chi connectivity index (χ2v) is 10.6. The number of rotatable bonds is 4. The van der Waals surface area contributed by atoms with Gasteiger partial charge in [-0.1, -0.05) is 19.6 Å². The van der Waals surface area contributed by atoms with Crippen LogP contribution in [0.4, 0.5) is 0 Å². The van der Waals surface area contributed by atoms with Crippen LogP contribution in [0.15, 0.2) is 23.2 Å². The highest BCUT2D eigenvalue weighted by Gasteiger charge is 2.32. The van der Waals surface area contributed by atoms with Crippen LogP contribution in [-0.4, -0.2) is 33.9 Å². The van der Waals surface area contributed by atoms with Crippen LogP contribution in [0.2, 0.25) is 25.7 Å². The Hall–Kier alpha value is -1.36. The van der Waals surface area contributed by atoms with Crippen LogP contribution < -0.4 is 0 Å². The molecule has 94 valence electrons. The predicted molar refractivity (Wildman–Crippen MR) is 67.3 cm³/mol. The number of carbonyl (C=O) groups excluding carboxylic acids is 2. The van der Waals surface area contributed by atoms with E-state index >= 15 is 0 Å². The Kier molecular flexibility index (Phi) is 3.93. The normalized spacial score (nSPS) is 17.1. The van der Waals surface area contributed by atoms with Crippen molar-refractivity contribution in [2.24, 2.45) is 0 Å². The van der Waals surface area contributed by atoms with E-state index in [4.69, 9.17) is 9.47 Å². The van der Waals surface area contributed by atoms with Crippen LogP contribution in [0.3, 0.4) is 0 Å². The third-order valence-electron chi connectivity index (χ3n) is 2.36. The van der Waals surface area contributed by atoms with Gasteiger partial charge in [0.05, 0.1) is 14.2 Å². The zero-order chi connectivity index (χ0) is 13.2. The molecule has 0 spiro atoms. The molecule has 0 saturated carbocycles. The molecule has 1 rings (SSSR count). The number of carbonyl (C=O) groups is 2. The van der Waals surface area contributed by atoms with Crippen molar-refractivity contribution >= 4 is 19.6 Å². The average molecular weight is 254 g/mol. The summed E-state index contributed by atoms with van der Waals surface area (Å²) in [6, 6.07) is 0.668. The number of hydrogen-bond acceptors (Lipinski definition) is 4. The summed E-state index contributed by atoms with van der Waals surface area (Å²) in [6.07, 6.45) is 1.38. The predicted octanol–water partition coefficient (Wildman–Crippen LogP) is 1.91. The molecule has 0 aromatic rings. The largest absolute Gasteiger partial charge is 0.490 e. The molecule has 0 fully saturated rings. The minimum atomic E-state index is -1.45. The van der Waals surface area contributed by atoms with Crippen LogP contribution >= 0.6 is 0 Å². The fourth-order valence-corrected chi connectivity index (χ4v) is 3.14. The smallest absolute Gasteiger partial charge is 0.227 e. The Morgan fingerprint density at radius 2 is 1.59 bits per heavy atom. The summed E-state index contributed by atoms with van der Waals surface area (Å²) < 4.78 is 9.89. The molecule has 0 atom stereocenters. The molecule has 0 heterocycles. The fraction of sp³-hybridized carbons (Fsp3) is 0.500. The summed E-state index contributed by atoms with van der Waals surface area (Å²) in [5.74, 6) is -0.506. The summed E-state index contributed by atoms with van der Waals surface area (Å²) in [4.78, 5) is 23.8. The third-order valence-corrected chi connectivity index (χ3v) is 3.80. The van der Waals surface area contributed by atoms with Gasteiger partial charge in [0.25, 0.3) is 0 Å². The van der Waals surface area contributed by atoms with Gasteiger partial charge in [0.1, 0.15) is 0 Å². The summed E-state index contributed by atoms with van der Waals surface area (Å²) in [5.41, 5.74) is 0.534. The first-order valence-electron chi connectivity index (χ1n) is 5.42. The minimum absolute atomic E-state index is 0.00294. The van der Waals surface area contributed by atoms with Crippen molar-refractivity contribution < 1.29 is 19.1 Å². The van der Waals surface area contributed by atoms with Crippen molar-refractivity contribution in [2.75, 3.05) is 14.2 Å². The summed E-state index contributed by atoms with van der Waals surface area (Å²) >= 11 is 0. The van der Waals surface area contributed by atoms with E-state index in [1.807, 2.05) is 0 Å². The molecule has 5 heteroatoms. The maximum Gasteiger partial charge on any atom is 0.227 e. The Labute approximate surface area is 102 Å². The lowest BCUT2D eigenvalue weighted by atomic mass is 10.0. The molecular formula is C12H18O4Si. The molecule has 0 radical (unpaired) electrons. The Morgan fingerprint density at radius 3 is 2.00 bits per heavy atom. The highest BCUT2D eigenvalue weighted by Crippen LogP contribution is 2.26. The molecule has 0 aliphatic heterocycles. The van der Waals surface area contributed by atoms with Gasteiger partial charge in [-0.25, -0.2) is 0 Å². The highest BCUT2D eigenvalue weighted by atomic mass is 28.3. The zero-order valence-electron chi connectivity index (χ0n) is 10.9. The first-order valence-corrected chi connectivity index (χ1v) is 9.12. The van der Waals surface area contributed by atoms with Crippen molar-refractivity contribution in [2.45, 2.75) is 25.7 Å². The van der Waals surface area contributed by atoms with Gasteiger partial charge in [-0.15, -0.1) is 0 Å². The average Bonchev–Trinajstić information content (AvgIpc) is 2.20. The Morgan fingerprint density at radius 1 is 1.06 bits per heavy atom. The molecule has 0 bridgehead atoms. The van der Waals surface area contributed by atoms with Crippen LogP contribution in [-0.2, 0) is 19.1 Å². The van der Waals surface area contributed by atoms with E-state index in [9.17, 15) is 9.59 Å². The van der Waals surface area contributed by atoms with Crippen LogP contribution in [0.25, 0.3) is 0 Å². The lowest BCUT2D eigenvalue weighted by molar-refractivity contribution is -0.120. The van der Waals surface area contributed by atoms with E-state index in [1.54, 1.807) is 0 Å². The van der Waals surface area contributed by atoms with Crippen LogP contribution in [0.5, 0.6) is 0 Å². The van der Waals surface area contributed by atoms with E-state index in [1.165, 1.54) is 20.3 Å². The highest BCUT2D eigenvalue weighted by molar-refractivity contribution is 6.77. The number of Topliss-reactive ketones (excluding diaryl/α,β-unsaturated/α-hetero) is 1. The van der Waals surface area contributed by atoms with Gasteiger partial charge < -0.3 is 9.47 Å². The van der Waals surface area contributed by atoms with Gasteiger partial charge >= 0.3 is 0 Å². The van der Waals surface area contributed by atoms with Crippen LogP contribution in [0, 0.1) is 0 Å². The summed E-state index contributed by atoms with van der Waals surface area (Å²) in [5, 5.41) is 0. The second-order valence-electron chi connectivity index (χ2n) is 5.17. The van der Waals surface area contributed by atoms with Crippen molar-refractivity contribution in [3.63, 3.8) is 0 Å². The summed E-state index contributed by atoms with van der Waals surface area (Å²) in [7, 11) is 1.28. The maximum absolute atomic E-state index is 12.1. The molecule has 0 aromatic carbocycles. The number of ketones is 2. The van der Waals surface area contributed by atoms with Gasteiger partial charge in [0, 0.05) is 13.6 Å². The van der Waals surface area contributed by atoms with Gasteiger partial charge in [-0.3, -0.25) is 9.59 Å². The first-order chi connectivity index (χ1) is 7.80. The maximum atomic E-state index is 12.1. The summed E-state index contributed by atoms with van der Waals surface area (Å²) in [6.45, 7) is 6.44. The molecule has 1 aliphatic carbocycles. The minimum Gasteiger partial charge on any atom is -0.490 e. The molecular weight excluding hydrogens is 236 g/mol. The SMILES string of the molecule is COC1=C(OC)C(=O)C(C[Si](C)(C)C)=CC1=O. The Bertz CT molecular complexity index is 413. The van der Waals surface area contributed by atoms with Crippen molar-refractivity contribution in [1.82, 2.24) is 0 Å². The molecule has 0 unspecified atom stereocenters. The van der Waals surface area contributed by atoms with Gasteiger partial charge in [-0.05, 0) is 12.1 Å². The molecule has 0 N–H and O–H groups in total. The number of hydrogen-bond donors (Lipinski definition) is 0. The standard InChI is InChI=1S/C12H18O4Si/c1-15-11-9(13)6-8(7-17(3,4)5)10(14)12(11)16-2/h6H,7H2,1-5H3. The van der Waals surface area contributed by atoms with E-state index in [0.29, 0.717) is 11.6 Å².